The Morgan fingerprint density at radius 3 is 2.26 bits per heavy atom. The molecule has 0 spiro atoms. The molecule has 0 radical (unpaired) electrons. The van der Waals surface area contributed by atoms with Crippen LogP contribution in [0.25, 0.3) is 11.0 Å². The minimum absolute atomic E-state index is 0.256. The number of aromatic nitrogens is 2. The Morgan fingerprint density at radius 1 is 0.963 bits per heavy atom. The van der Waals surface area contributed by atoms with E-state index < -0.39 is 11.7 Å². The van der Waals surface area contributed by atoms with Gasteiger partial charge in [-0.25, -0.2) is 4.98 Å². The summed E-state index contributed by atoms with van der Waals surface area (Å²) in [6.07, 6.45) is -4.40. The lowest BCUT2D eigenvalue weighted by molar-refractivity contribution is -0.137. The van der Waals surface area contributed by atoms with Crippen molar-refractivity contribution in [2.75, 3.05) is 31.1 Å². The highest BCUT2D eigenvalue weighted by Crippen LogP contribution is 2.29. The molecular weight excluding hydrogens is 357 g/mol. The van der Waals surface area contributed by atoms with Crippen molar-refractivity contribution in [3.8, 4) is 0 Å². The Balaban J connectivity index is 1.42. The lowest BCUT2D eigenvalue weighted by Gasteiger charge is -2.34. The van der Waals surface area contributed by atoms with Gasteiger partial charge in [-0.05, 0) is 36.4 Å². The van der Waals surface area contributed by atoms with Crippen molar-refractivity contribution in [2.24, 2.45) is 0 Å². The summed E-state index contributed by atoms with van der Waals surface area (Å²) < 4.78 is 37.9. The Labute approximate surface area is 153 Å². The predicted molar refractivity (Wildman–Crippen MR) is 95.7 cm³/mol. The highest BCUT2D eigenvalue weighted by molar-refractivity contribution is 5.94. The van der Waals surface area contributed by atoms with Crippen LogP contribution in [0.4, 0.5) is 19.1 Å². The third kappa shape index (κ3) is 3.47. The smallest absolute Gasteiger partial charge is 0.339 e. The maximum atomic E-state index is 12.6. The molecule has 0 saturated carbocycles. The van der Waals surface area contributed by atoms with Gasteiger partial charge in [-0.1, -0.05) is 12.1 Å². The van der Waals surface area contributed by atoms with E-state index in [-0.39, 0.29) is 11.5 Å². The van der Waals surface area contributed by atoms with Gasteiger partial charge in [0.1, 0.15) is 0 Å². The van der Waals surface area contributed by atoms with Crippen molar-refractivity contribution >= 4 is 22.9 Å². The molecule has 1 aliphatic heterocycles. The van der Waals surface area contributed by atoms with E-state index in [9.17, 15) is 18.0 Å². The number of hydrogen-bond acceptors (Lipinski definition) is 3. The largest absolute Gasteiger partial charge is 0.416 e. The first-order valence-electron chi connectivity index (χ1n) is 8.58. The first-order chi connectivity index (χ1) is 12.9. The van der Waals surface area contributed by atoms with Gasteiger partial charge in [0, 0.05) is 31.7 Å². The topological polar surface area (TPSA) is 52.2 Å². The first-order valence-corrected chi connectivity index (χ1v) is 8.58. The fraction of sp³-hybridized carbons (Fsp3) is 0.263. The molecule has 0 aliphatic carbocycles. The molecule has 4 rings (SSSR count). The van der Waals surface area contributed by atoms with E-state index in [1.165, 1.54) is 12.1 Å². The fourth-order valence-electron chi connectivity index (χ4n) is 3.19. The van der Waals surface area contributed by atoms with E-state index >= 15 is 0 Å². The summed E-state index contributed by atoms with van der Waals surface area (Å²) in [5, 5.41) is 0. The zero-order valence-electron chi connectivity index (χ0n) is 14.3. The first kappa shape index (κ1) is 17.4. The van der Waals surface area contributed by atoms with Gasteiger partial charge in [0.25, 0.3) is 5.91 Å². The number of carbonyl (C=O) groups excluding carboxylic acids is 1. The average Bonchev–Trinajstić information content (AvgIpc) is 3.11. The van der Waals surface area contributed by atoms with Crippen molar-refractivity contribution in [1.29, 1.82) is 0 Å². The van der Waals surface area contributed by atoms with E-state index in [2.05, 4.69) is 14.9 Å². The number of rotatable bonds is 2. The molecule has 0 bridgehead atoms. The van der Waals surface area contributed by atoms with Crippen LogP contribution in [-0.2, 0) is 6.18 Å². The predicted octanol–water partition coefficient (Wildman–Crippen LogP) is 3.54. The van der Waals surface area contributed by atoms with E-state index in [4.69, 9.17) is 0 Å². The van der Waals surface area contributed by atoms with Crippen molar-refractivity contribution in [1.82, 2.24) is 14.9 Å². The summed E-state index contributed by atoms with van der Waals surface area (Å²) >= 11 is 0. The highest BCUT2D eigenvalue weighted by Gasteiger charge is 2.31. The lowest BCUT2D eigenvalue weighted by Crippen LogP contribution is -2.49. The summed E-state index contributed by atoms with van der Waals surface area (Å²) in [5.74, 6) is 0.505. The molecule has 2 heterocycles. The molecule has 1 amide bonds. The quantitative estimate of drug-likeness (QED) is 0.747. The summed E-state index contributed by atoms with van der Waals surface area (Å²) in [6, 6.07) is 12.1. The van der Waals surface area contributed by atoms with Crippen LogP contribution in [0.2, 0.25) is 0 Å². The highest BCUT2D eigenvalue weighted by atomic mass is 19.4. The van der Waals surface area contributed by atoms with Crippen molar-refractivity contribution in [2.45, 2.75) is 6.18 Å². The van der Waals surface area contributed by atoms with Crippen molar-refractivity contribution in [3.05, 3.63) is 59.7 Å². The van der Waals surface area contributed by atoms with Crippen LogP contribution in [0.3, 0.4) is 0 Å². The van der Waals surface area contributed by atoms with Crippen LogP contribution < -0.4 is 4.90 Å². The van der Waals surface area contributed by atoms with Gasteiger partial charge in [-0.15, -0.1) is 0 Å². The standard InChI is InChI=1S/C19H17F3N4O/c20-19(21,22)14-7-5-13(6-8-14)17(27)25-9-11-26(12-10-25)18-23-15-3-1-2-4-16(15)24-18/h1-8H,9-12H2,(H,23,24). The normalized spacial score (nSPS) is 15.4. The number of amides is 1. The number of piperazine rings is 1. The molecule has 27 heavy (non-hydrogen) atoms. The summed E-state index contributed by atoms with van der Waals surface area (Å²) in [7, 11) is 0. The summed E-state index contributed by atoms with van der Waals surface area (Å²) in [4.78, 5) is 24.1. The second-order valence-electron chi connectivity index (χ2n) is 6.43. The van der Waals surface area contributed by atoms with E-state index in [1.807, 2.05) is 24.3 Å². The molecule has 1 fully saturated rings. The molecule has 1 saturated heterocycles. The number of halogens is 3. The molecule has 1 aromatic heterocycles. The number of para-hydroxylation sites is 2. The molecule has 1 N–H and O–H groups in total. The van der Waals surface area contributed by atoms with Crippen LogP contribution in [-0.4, -0.2) is 47.0 Å². The number of imidazole rings is 1. The van der Waals surface area contributed by atoms with Gasteiger partial charge >= 0.3 is 6.18 Å². The SMILES string of the molecule is O=C(c1ccc(C(F)(F)F)cc1)N1CCN(c2nc3ccccc3[nH]2)CC1. The zero-order chi connectivity index (χ0) is 19.0. The van der Waals surface area contributed by atoms with Crippen LogP contribution in [0.1, 0.15) is 15.9 Å². The number of carbonyl (C=O) groups is 1. The second kappa shape index (κ2) is 6.61. The number of fused-ring (bicyclic) bond motifs is 1. The zero-order valence-corrected chi connectivity index (χ0v) is 14.3. The number of nitrogens with zero attached hydrogens (tertiary/aromatic N) is 3. The van der Waals surface area contributed by atoms with Crippen molar-refractivity contribution < 1.29 is 18.0 Å². The summed E-state index contributed by atoms with van der Waals surface area (Å²) in [6.45, 7) is 2.17. The van der Waals surface area contributed by atoms with Gasteiger partial charge in [-0.2, -0.15) is 13.2 Å². The van der Waals surface area contributed by atoms with Gasteiger partial charge in [0.15, 0.2) is 0 Å². The third-order valence-electron chi connectivity index (χ3n) is 4.70. The molecular formula is C19H17F3N4O. The second-order valence-corrected chi connectivity index (χ2v) is 6.43. The molecule has 1 aliphatic rings. The number of aromatic amines is 1. The van der Waals surface area contributed by atoms with Gasteiger partial charge in [0.2, 0.25) is 5.95 Å². The molecule has 3 aromatic rings. The average molecular weight is 374 g/mol. The van der Waals surface area contributed by atoms with Crippen LogP contribution in [0.15, 0.2) is 48.5 Å². The molecule has 5 nitrogen and oxygen atoms in total. The van der Waals surface area contributed by atoms with Gasteiger partial charge in [0.05, 0.1) is 16.6 Å². The maximum absolute atomic E-state index is 12.6. The number of nitrogens with one attached hydrogen (secondary N) is 1. The number of alkyl halides is 3. The van der Waals surface area contributed by atoms with E-state index in [1.54, 1.807) is 4.90 Å². The molecule has 140 valence electrons. The minimum Gasteiger partial charge on any atom is -0.339 e. The Kier molecular flexibility index (Phi) is 4.25. The lowest BCUT2D eigenvalue weighted by atomic mass is 10.1. The van der Waals surface area contributed by atoms with Crippen LogP contribution in [0, 0.1) is 0 Å². The van der Waals surface area contributed by atoms with E-state index in [0.717, 1.165) is 29.1 Å². The van der Waals surface area contributed by atoms with E-state index in [0.29, 0.717) is 26.2 Å². The molecule has 0 atom stereocenters. The van der Waals surface area contributed by atoms with Gasteiger partial charge in [-0.3, -0.25) is 4.79 Å². The van der Waals surface area contributed by atoms with Gasteiger partial charge < -0.3 is 14.8 Å². The number of anilines is 1. The monoisotopic (exact) mass is 374 g/mol. The number of H-pyrrole nitrogens is 1. The van der Waals surface area contributed by atoms with Crippen molar-refractivity contribution in [3.63, 3.8) is 0 Å². The number of hydrogen-bond donors (Lipinski definition) is 1. The molecule has 2 aromatic carbocycles. The molecule has 0 unspecified atom stereocenters. The summed E-state index contributed by atoms with van der Waals surface area (Å²) in [5.41, 5.74) is 1.35. The third-order valence-corrected chi connectivity index (χ3v) is 4.70. The Morgan fingerprint density at radius 2 is 1.63 bits per heavy atom. The molecule has 8 heteroatoms. The fourth-order valence-corrected chi connectivity index (χ4v) is 3.19. The Bertz CT molecular complexity index is 924. The number of benzene rings is 2. The minimum atomic E-state index is -4.40. The Hall–Kier alpha value is -3.03. The van der Waals surface area contributed by atoms with Crippen LogP contribution >= 0.6 is 0 Å². The van der Waals surface area contributed by atoms with Crippen LogP contribution in [0.5, 0.6) is 0 Å². The maximum Gasteiger partial charge on any atom is 0.416 e.